The van der Waals surface area contributed by atoms with Crippen molar-refractivity contribution in [2.24, 2.45) is 0 Å². The SMILES string of the molecule is CCOc1ccc(NC(=O)N2CCCC(c3cccc(C(=O)NCc4cccc(Cl)c4)c3)C2)cc1. The van der Waals surface area contributed by atoms with Crippen LogP contribution in [0.3, 0.4) is 0 Å². The second-order valence-corrected chi connectivity index (χ2v) is 9.05. The molecule has 6 nitrogen and oxygen atoms in total. The maximum atomic E-state index is 12.9. The summed E-state index contributed by atoms with van der Waals surface area (Å²) < 4.78 is 5.46. The number of likely N-dealkylation sites (tertiary alicyclic amines) is 1. The van der Waals surface area contributed by atoms with E-state index in [9.17, 15) is 9.59 Å². The maximum absolute atomic E-state index is 12.9. The Morgan fingerprint density at radius 3 is 2.63 bits per heavy atom. The van der Waals surface area contributed by atoms with Gasteiger partial charge in [-0.2, -0.15) is 0 Å². The molecule has 0 aliphatic carbocycles. The highest BCUT2D eigenvalue weighted by atomic mass is 35.5. The predicted molar refractivity (Wildman–Crippen MR) is 139 cm³/mol. The van der Waals surface area contributed by atoms with Gasteiger partial charge in [-0.25, -0.2) is 4.79 Å². The van der Waals surface area contributed by atoms with Crippen molar-refractivity contribution in [2.45, 2.75) is 32.2 Å². The molecule has 35 heavy (non-hydrogen) atoms. The number of piperidine rings is 1. The Morgan fingerprint density at radius 2 is 1.86 bits per heavy atom. The van der Waals surface area contributed by atoms with Crippen LogP contribution in [0.25, 0.3) is 0 Å². The van der Waals surface area contributed by atoms with Crippen LogP contribution in [0.1, 0.15) is 47.2 Å². The molecule has 1 aliphatic rings. The highest BCUT2D eigenvalue weighted by Gasteiger charge is 2.25. The number of hydrogen-bond donors (Lipinski definition) is 2. The van der Waals surface area contributed by atoms with Crippen molar-refractivity contribution in [2.75, 3.05) is 25.0 Å². The van der Waals surface area contributed by atoms with Gasteiger partial charge in [-0.3, -0.25) is 4.79 Å². The van der Waals surface area contributed by atoms with Crippen LogP contribution in [-0.2, 0) is 6.54 Å². The van der Waals surface area contributed by atoms with E-state index in [0.717, 1.165) is 35.4 Å². The normalized spacial score (nSPS) is 15.4. The van der Waals surface area contributed by atoms with Gasteiger partial charge in [-0.05, 0) is 79.4 Å². The van der Waals surface area contributed by atoms with Crippen molar-refractivity contribution >= 4 is 29.2 Å². The molecule has 1 aliphatic heterocycles. The van der Waals surface area contributed by atoms with Crippen molar-refractivity contribution in [1.29, 1.82) is 0 Å². The molecule has 3 amide bonds. The number of anilines is 1. The van der Waals surface area contributed by atoms with E-state index in [0.29, 0.717) is 36.8 Å². The summed E-state index contributed by atoms with van der Waals surface area (Å²) in [7, 11) is 0. The van der Waals surface area contributed by atoms with Gasteiger partial charge < -0.3 is 20.3 Å². The molecule has 1 unspecified atom stereocenters. The molecule has 182 valence electrons. The van der Waals surface area contributed by atoms with E-state index in [-0.39, 0.29) is 17.9 Å². The molecule has 2 N–H and O–H groups in total. The fourth-order valence-electron chi connectivity index (χ4n) is 4.30. The first-order chi connectivity index (χ1) is 17.0. The third kappa shape index (κ3) is 6.76. The molecule has 3 aromatic rings. The lowest BCUT2D eigenvalue weighted by molar-refractivity contribution is 0.0950. The summed E-state index contributed by atoms with van der Waals surface area (Å²) in [6, 6.07) is 22.4. The maximum Gasteiger partial charge on any atom is 0.321 e. The van der Waals surface area contributed by atoms with E-state index >= 15 is 0 Å². The zero-order chi connectivity index (χ0) is 24.6. The van der Waals surface area contributed by atoms with E-state index in [1.807, 2.05) is 84.6 Å². The Hall–Kier alpha value is -3.51. The van der Waals surface area contributed by atoms with Crippen molar-refractivity contribution in [3.8, 4) is 5.75 Å². The molecule has 0 radical (unpaired) electrons. The Morgan fingerprint density at radius 1 is 1.06 bits per heavy atom. The summed E-state index contributed by atoms with van der Waals surface area (Å²) in [5.41, 5.74) is 3.36. The Labute approximate surface area is 211 Å². The van der Waals surface area contributed by atoms with Gasteiger partial charge in [0, 0.05) is 41.8 Å². The first-order valence-corrected chi connectivity index (χ1v) is 12.3. The Balaban J connectivity index is 1.36. The third-order valence-electron chi connectivity index (χ3n) is 6.09. The molecule has 1 fully saturated rings. The predicted octanol–water partition coefficient (Wildman–Crippen LogP) is 6.08. The molecule has 0 saturated carbocycles. The second kappa shape index (κ2) is 11.8. The Bertz CT molecular complexity index is 1170. The van der Waals surface area contributed by atoms with Crippen LogP contribution in [0.4, 0.5) is 10.5 Å². The van der Waals surface area contributed by atoms with E-state index in [4.69, 9.17) is 16.3 Å². The number of amides is 3. The molecule has 1 heterocycles. The molecule has 0 spiro atoms. The van der Waals surface area contributed by atoms with Gasteiger partial charge in [-0.15, -0.1) is 0 Å². The molecule has 3 aromatic carbocycles. The molecular weight excluding hydrogens is 462 g/mol. The minimum atomic E-state index is -0.132. The molecule has 1 saturated heterocycles. The molecule has 4 rings (SSSR count). The molecule has 7 heteroatoms. The number of halogens is 1. The van der Waals surface area contributed by atoms with Crippen molar-refractivity contribution in [3.63, 3.8) is 0 Å². The number of nitrogens with one attached hydrogen (secondary N) is 2. The number of rotatable bonds is 7. The van der Waals surface area contributed by atoms with E-state index in [1.165, 1.54) is 0 Å². The third-order valence-corrected chi connectivity index (χ3v) is 6.32. The lowest BCUT2D eigenvalue weighted by atomic mass is 9.89. The van der Waals surface area contributed by atoms with E-state index in [1.54, 1.807) is 0 Å². The fraction of sp³-hybridized carbons (Fsp3) is 0.286. The van der Waals surface area contributed by atoms with Gasteiger partial charge in [0.15, 0.2) is 0 Å². The average molecular weight is 492 g/mol. The first kappa shape index (κ1) is 24.6. The van der Waals surface area contributed by atoms with Gasteiger partial charge in [0.2, 0.25) is 0 Å². The van der Waals surface area contributed by atoms with Gasteiger partial charge >= 0.3 is 6.03 Å². The highest BCUT2D eigenvalue weighted by Crippen LogP contribution is 2.28. The van der Waals surface area contributed by atoms with Crippen LogP contribution in [0, 0.1) is 0 Å². The van der Waals surface area contributed by atoms with Gasteiger partial charge in [0.05, 0.1) is 6.61 Å². The summed E-state index contributed by atoms with van der Waals surface area (Å²) in [4.78, 5) is 27.5. The molecule has 0 bridgehead atoms. The zero-order valence-corrected chi connectivity index (χ0v) is 20.6. The number of carbonyl (C=O) groups is 2. The topological polar surface area (TPSA) is 70.7 Å². The number of benzene rings is 3. The monoisotopic (exact) mass is 491 g/mol. The number of carbonyl (C=O) groups excluding carboxylic acids is 2. The van der Waals surface area contributed by atoms with E-state index in [2.05, 4.69) is 10.6 Å². The van der Waals surface area contributed by atoms with Crippen LogP contribution in [0.15, 0.2) is 72.8 Å². The van der Waals surface area contributed by atoms with Gasteiger partial charge in [-0.1, -0.05) is 35.9 Å². The van der Waals surface area contributed by atoms with Gasteiger partial charge in [0.1, 0.15) is 5.75 Å². The quantitative estimate of drug-likeness (QED) is 0.420. The number of urea groups is 1. The summed E-state index contributed by atoms with van der Waals surface area (Å²) in [5.74, 6) is 0.822. The highest BCUT2D eigenvalue weighted by molar-refractivity contribution is 6.30. The molecule has 1 atom stereocenters. The van der Waals surface area contributed by atoms with Crippen molar-refractivity contribution < 1.29 is 14.3 Å². The van der Waals surface area contributed by atoms with Crippen LogP contribution in [0.5, 0.6) is 5.75 Å². The minimum absolute atomic E-state index is 0.116. The van der Waals surface area contributed by atoms with Crippen LogP contribution in [0.2, 0.25) is 5.02 Å². The molecular formula is C28H30ClN3O3. The first-order valence-electron chi connectivity index (χ1n) is 11.9. The average Bonchev–Trinajstić information content (AvgIpc) is 2.89. The zero-order valence-electron chi connectivity index (χ0n) is 19.8. The summed E-state index contributed by atoms with van der Waals surface area (Å²) in [6.45, 7) is 4.26. The number of hydrogen-bond acceptors (Lipinski definition) is 3. The van der Waals surface area contributed by atoms with Gasteiger partial charge in [0.25, 0.3) is 5.91 Å². The number of ether oxygens (including phenoxy) is 1. The number of nitrogens with zero attached hydrogens (tertiary/aromatic N) is 1. The Kier molecular flexibility index (Phi) is 8.27. The largest absolute Gasteiger partial charge is 0.494 e. The lowest BCUT2D eigenvalue weighted by Crippen LogP contribution is -2.41. The second-order valence-electron chi connectivity index (χ2n) is 8.61. The van der Waals surface area contributed by atoms with E-state index < -0.39 is 0 Å². The van der Waals surface area contributed by atoms with Crippen LogP contribution >= 0.6 is 11.6 Å². The van der Waals surface area contributed by atoms with Crippen LogP contribution in [-0.4, -0.2) is 36.5 Å². The van der Waals surface area contributed by atoms with Crippen molar-refractivity contribution in [3.05, 3.63) is 94.5 Å². The summed E-state index contributed by atoms with van der Waals surface area (Å²) in [6.07, 6.45) is 1.88. The minimum Gasteiger partial charge on any atom is -0.494 e. The fourth-order valence-corrected chi connectivity index (χ4v) is 4.52. The molecule has 0 aromatic heterocycles. The lowest BCUT2D eigenvalue weighted by Gasteiger charge is -2.33. The summed E-state index contributed by atoms with van der Waals surface area (Å²) >= 11 is 6.03. The van der Waals surface area contributed by atoms with Crippen LogP contribution < -0.4 is 15.4 Å². The summed E-state index contributed by atoms with van der Waals surface area (Å²) in [5, 5.41) is 6.58. The standard InChI is InChI=1S/C28H30ClN3O3/c1-2-35-26-13-11-25(12-14-26)31-28(34)32-15-5-9-23(19-32)21-7-4-8-22(17-21)27(33)30-18-20-6-3-10-24(29)16-20/h3-4,6-8,10-14,16-17,23H,2,5,9,15,18-19H2,1H3,(H,30,33)(H,31,34). The smallest absolute Gasteiger partial charge is 0.321 e. The van der Waals surface area contributed by atoms with Crippen molar-refractivity contribution in [1.82, 2.24) is 10.2 Å².